The topological polar surface area (TPSA) is 335 Å². The van der Waals surface area contributed by atoms with E-state index in [-0.39, 0.29) is 37.9 Å². The molecule has 0 aromatic carbocycles. The number of nitrogens with zero attached hydrogens (tertiary/aromatic N) is 2. The molecule has 72 heavy (non-hydrogen) atoms. The molecule has 3 unspecified atom stereocenters. The number of aliphatic hydroxyl groups excluding tert-OH is 5. The predicted molar refractivity (Wildman–Crippen MR) is 264 cm³/mol. The van der Waals surface area contributed by atoms with Crippen molar-refractivity contribution in [2.75, 3.05) is 25.6 Å². The van der Waals surface area contributed by atoms with Crippen LogP contribution in [-0.2, 0) is 51.0 Å². The zero-order chi connectivity index (χ0) is 52.9. The van der Waals surface area contributed by atoms with Gasteiger partial charge in [-0.25, -0.2) is 13.9 Å². The maximum Gasteiger partial charge on any atom is 0.481 e. The number of nitrogen functional groups attached to an aromatic ring is 1. The molecule has 1 saturated heterocycles. The Morgan fingerprint density at radius 3 is 2.22 bits per heavy atom. The van der Waals surface area contributed by atoms with E-state index in [1.807, 2.05) is 6.92 Å². The van der Waals surface area contributed by atoms with Crippen molar-refractivity contribution >= 4 is 33.4 Å². The Hall–Kier alpha value is -3.18. The third-order valence-electron chi connectivity index (χ3n) is 12.0. The van der Waals surface area contributed by atoms with Crippen LogP contribution in [0.1, 0.15) is 155 Å². The molecule has 412 valence electrons. The van der Waals surface area contributed by atoms with E-state index in [1.165, 1.54) is 43.9 Å². The lowest BCUT2D eigenvalue weighted by Gasteiger charge is -2.36. The number of aliphatic hydroxyl groups is 5. The fourth-order valence-electron chi connectivity index (χ4n) is 7.93. The summed E-state index contributed by atoms with van der Waals surface area (Å²) >= 11 is 0. The van der Waals surface area contributed by atoms with E-state index in [2.05, 4.69) is 28.4 Å². The van der Waals surface area contributed by atoms with Gasteiger partial charge in [0.2, 0.25) is 0 Å². The quantitative estimate of drug-likeness (QED) is 0.0298. The average Bonchev–Trinajstić information content (AvgIpc) is 3.32. The molecule has 2 bridgehead atoms. The number of hydrogen-bond acceptors (Lipinski definition) is 19. The third-order valence-corrected chi connectivity index (χ3v) is 14.6. The van der Waals surface area contributed by atoms with Crippen LogP contribution >= 0.6 is 15.6 Å². The lowest BCUT2D eigenvalue weighted by Crippen LogP contribution is -2.49. The van der Waals surface area contributed by atoms with Crippen LogP contribution < -0.4 is 11.4 Å². The highest BCUT2D eigenvalue weighted by Crippen LogP contribution is 2.60. The van der Waals surface area contributed by atoms with Gasteiger partial charge in [-0.05, 0) is 63.9 Å². The second-order valence-corrected chi connectivity index (χ2v) is 21.2. The first-order valence-electron chi connectivity index (χ1n) is 25.4. The van der Waals surface area contributed by atoms with Crippen LogP contribution in [0.3, 0.4) is 0 Å². The van der Waals surface area contributed by atoms with E-state index in [1.54, 1.807) is 12.2 Å². The Bertz CT molecular complexity index is 1970. The van der Waals surface area contributed by atoms with E-state index in [0.717, 1.165) is 62.1 Å². The molecule has 1 aromatic heterocycles. The number of rotatable bonds is 21. The molecular weight excluding hydrogens is 984 g/mol. The van der Waals surface area contributed by atoms with Gasteiger partial charge in [-0.2, -0.15) is 9.29 Å². The largest absolute Gasteiger partial charge is 0.481 e. The number of unbranched alkanes of at least 4 members (excludes halogenated alkanes) is 11. The molecule has 0 saturated carbocycles. The molecule has 0 radical (unpaired) electrons. The summed E-state index contributed by atoms with van der Waals surface area (Å²) in [4.78, 5) is 64.2. The van der Waals surface area contributed by atoms with Gasteiger partial charge in [0.05, 0.1) is 25.4 Å². The van der Waals surface area contributed by atoms with Crippen molar-refractivity contribution in [2.45, 2.75) is 204 Å². The van der Waals surface area contributed by atoms with Crippen LogP contribution in [0.25, 0.3) is 0 Å². The minimum absolute atomic E-state index is 0.0157. The fraction of sp³-hybridized carbons (Fsp3) is 0.750. The van der Waals surface area contributed by atoms with Crippen molar-refractivity contribution in [3.8, 4) is 0 Å². The number of carbonyl (C=O) groups is 2. The summed E-state index contributed by atoms with van der Waals surface area (Å²) in [6.07, 6.45) is 9.23. The summed E-state index contributed by atoms with van der Waals surface area (Å²) in [6, 6.07) is 1.22. The molecule has 12 atom stereocenters. The number of phosphoric acid groups is 2. The summed E-state index contributed by atoms with van der Waals surface area (Å²) < 4.78 is 64.7. The number of hydrogen-bond donors (Lipinski definition) is 8. The SMILES string of the molecule is CCCCCC/C=C\CCCCCCCC(=O)O[C@@H]1COC(=O)CCCC=CC[C@@H]2[C@H](n3ccc(N)nc3=O)O[C@H](COP(=O)(O)OP(=O)(O)OC1)[C@@H](O)[C@@H](O)[C@@H](/C=C/[C@@H](O)CCCCC)OC(O)C[C@@H]2O. The fourth-order valence-corrected chi connectivity index (χ4v) is 10.0. The molecule has 0 aliphatic carbocycles. The van der Waals surface area contributed by atoms with E-state index < -0.39 is 121 Å². The highest BCUT2D eigenvalue weighted by atomic mass is 31.3. The zero-order valence-corrected chi connectivity index (χ0v) is 43.5. The number of esters is 2. The van der Waals surface area contributed by atoms with Crippen LogP contribution in [-0.4, -0.2) is 126 Å². The molecule has 22 nitrogen and oxygen atoms in total. The summed E-state index contributed by atoms with van der Waals surface area (Å²) in [5.41, 5.74) is 4.75. The van der Waals surface area contributed by atoms with Gasteiger partial charge in [0, 0.05) is 31.4 Å². The van der Waals surface area contributed by atoms with Gasteiger partial charge in [-0.3, -0.25) is 23.2 Å². The van der Waals surface area contributed by atoms with Crippen molar-refractivity contribution in [1.29, 1.82) is 0 Å². The number of carbonyl (C=O) groups excluding carboxylic acids is 2. The van der Waals surface area contributed by atoms with Crippen molar-refractivity contribution in [2.24, 2.45) is 5.92 Å². The number of ether oxygens (including phenoxy) is 4. The van der Waals surface area contributed by atoms with Crippen molar-refractivity contribution in [1.82, 2.24) is 9.55 Å². The second-order valence-electron chi connectivity index (χ2n) is 18.2. The number of nitrogens with two attached hydrogens (primary N) is 1. The van der Waals surface area contributed by atoms with Gasteiger partial charge < -0.3 is 60.0 Å². The van der Waals surface area contributed by atoms with Gasteiger partial charge in [0.25, 0.3) is 0 Å². The molecule has 2 aliphatic rings. The van der Waals surface area contributed by atoms with Crippen molar-refractivity contribution < 1.29 is 86.3 Å². The number of cyclic esters (lactones) is 1. The lowest BCUT2D eigenvalue weighted by molar-refractivity contribution is -0.192. The number of fused-ring (bicyclic) bond motifs is 3. The molecule has 1 fully saturated rings. The molecule has 3 rings (SSSR count). The van der Waals surface area contributed by atoms with E-state index >= 15 is 0 Å². The van der Waals surface area contributed by atoms with Gasteiger partial charge in [0.15, 0.2) is 12.4 Å². The van der Waals surface area contributed by atoms with Crippen molar-refractivity contribution in [3.05, 3.63) is 59.2 Å². The number of aromatic nitrogens is 2. The summed E-state index contributed by atoms with van der Waals surface area (Å²) in [5.74, 6) is -2.87. The molecular formula is C48H81N3O19P2. The van der Waals surface area contributed by atoms with E-state index in [9.17, 15) is 58.8 Å². The van der Waals surface area contributed by atoms with Gasteiger partial charge >= 0.3 is 33.3 Å². The first-order valence-corrected chi connectivity index (χ1v) is 28.4. The van der Waals surface area contributed by atoms with Gasteiger partial charge in [0.1, 0.15) is 43.1 Å². The highest BCUT2D eigenvalue weighted by molar-refractivity contribution is 7.61. The summed E-state index contributed by atoms with van der Waals surface area (Å²) in [5, 5.41) is 56.8. The van der Waals surface area contributed by atoms with E-state index in [0.29, 0.717) is 19.3 Å². The third kappa shape index (κ3) is 25.4. The second kappa shape index (κ2) is 34.4. The molecule has 2 aliphatic heterocycles. The average molecular weight is 1070 g/mol. The Balaban J connectivity index is 1.87. The van der Waals surface area contributed by atoms with Gasteiger partial charge in [-0.15, -0.1) is 0 Å². The maximum absolute atomic E-state index is 13.4. The van der Waals surface area contributed by atoms with Crippen LogP contribution in [0, 0.1) is 5.92 Å². The molecule has 9 N–H and O–H groups in total. The Morgan fingerprint density at radius 2 is 1.53 bits per heavy atom. The monoisotopic (exact) mass is 1070 g/mol. The molecule has 1 aromatic rings. The Kier molecular flexibility index (Phi) is 30.2. The van der Waals surface area contributed by atoms with Gasteiger partial charge in [-0.1, -0.05) is 108 Å². The molecule has 0 amide bonds. The standard InChI is InChI=1S/C48H81N3O19P2/c1-3-5-7-8-9-10-11-12-13-14-15-16-22-26-43(55)67-36-32-64-42(54)25-21-18-17-20-24-37-38(53)31-44(56)68-39(28-27-35(52)23-19-6-4-2)45(57)46(58)40(34-66-72(62,63)70-71(60,61)65-33-36)69-47(37)51-30-29-41(49)50-48(51)59/h10-11,17,20,27-30,35-40,44-47,52-53,56-58H,3-9,12-16,18-19,21-26,31-34H2,1-2H3,(H,60,61)(H,62,63)(H2,49,50,59)/b11-10-,20-17?,28-27+/t35-,36+,37-,38-,39+,40+,44?,45-,46+,47+/m0/s1. The summed E-state index contributed by atoms with van der Waals surface area (Å²) in [6.45, 7) is 1.38. The first kappa shape index (κ1) is 63.1. The predicted octanol–water partition coefficient (Wildman–Crippen LogP) is 6.11. The molecule has 3 heterocycles. The normalized spacial score (nSPS) is 30.6. The zero-order valence-electron chi connectivity index (χ0n) is 41.8. The number of anilines is 1. The smallest absolute Gasteiger partial charge is 0.462 e. The first-order chi connectivity index (χ1) is 34.3. The highest BCUT2D eigenvalue weighted by Gasteiger charge is 2.44. The maximum atomic E-state index is 13.4. The minimum Gasteiger partial charge on any atom is -0.462 e. The lowest BCUT2D eigenvalue weighted by atomic mass is 9.92. The van der Waals surface area contributed by atoms with Crippen LogP contribution in [0.2, 0.25) is 0 Å². The number of allylic oxidation sites excluding steroid dienone is 4. The van der Waals surface area contributed by atoms with E-state index in [4.69, 9.17) is 33.7 Å². The molecule has 0 spiro atoms. The van der Waals surface area contributed by atoms with Crippen LogP contribution in [0.5, 0.6) is 0 Å². The van der Waals surface area contributed by atoms with Crippen LogP contribution in [0.4, 0.5) is 5.82 Å². The van der Waals surface area contributed by atoms with Crippen molar-refractivity contribution in [3.63, 3.8) is 0 Å². The minimum atomic E-state index is -5.73. The molecule has 24 heteroatoms. The Labute approximate surface area is 422 Å². The summed E-state index contributed by atoms with van der Waals surface area (Å²) in [7, 11) is -11.3. The van der Waals surface area contributed by atoms with Crippen LogP contribution in [0.15, 0.2) is 53.5 Å². The number of phosphoric ester groups is 2. The Morgan fingerprint density at radius 1 is 0.875 bits per heavy atom.